The van der Waals surface area contributed by atoms with Crippen LogP contribution in [0.1, 0.15) is 22.6 Å². The maximum Gasteiger partial charge on any atom is 0.160 e. The predicted molar refractivity (Wildman–Crippen MR) is 97.5 cm³/mol. The Labute approximate surface area is 157 Å². The fraction of sp³-hybridized carbons (Fsp3) is 0.400. The van der Waals surface area contributed by atoms with Gasteiger partial charge in [0.2, 0.25) is 0 Å². The van der Waals surface area contributed by atoms with Crippen molar-refractivity contribution in [3.8, 4) is 23.0 Å². The highest BCUT2D eigenvalue weighted by atomic mass is 16.5. The molecule has 3 rings (SSSR count). The number of benzene rings is 2. The topological polar surface area (TPSA) is 120 Å². The summed E-state index contributed by atoms with van der Waals surface area (Å²) in [6, 6.07) is 7.94. The van der Waals surface area contributed by atoms with Gasteiger partial charge >= 0.3 is 0 Å². The van der Waals surface area contributed by atoms with E-state index in [1.165, 1.54) is 20.3 Å². The summed E-state index contributed by atoms with van der Waals surface area (Å²) in [6.07, 6.45) is 0.104. The molecule has 1 aliphatic rings. The van der Waals surface area contributed by atoms with Crippen molar-refractivity contribution >= 4 is 0 Å². The largest absolute Gasteiger partial charge is 0.504 e. The molecule has 7 heteroatoms. The molecule has 0 bridgehead atoms. The first-order valence-corrected chi connectivity index (χ1v) is 8.59. The average molecular weight is 376 g/mol. The van der Waals surface area contributed by atoms with Crippen LogP contribution in [-0.4, -0.2) is 58.6 Å². The Bertz CT molecular complexity index is 835. The van der Waals surface area contributed by atoms with E-state index in [-0.39, 0.29) is 36.0 Å². The number of phenolic OH excluding ortho intramolecular Hbond substituents is 2. The van der Waals surface area contributed by atoms with Crippen LogP contribution < -0.4 is 9.47 Å². The van der Waals surface area contributed by atoms with E-state index in [2.05, 4.69) is 0 Å². The van der Waals surface area contributed by atoms with Gasteiger partial charge in [-0.2, -0.15) is 0 Å². The van der Waals surface area contributed by atoms with Gasteiger partial charge in [0.15, 0.2) is 23.0 Å². The minimum absolute atomic E-state index is 0.0344. The summed E-state index contributed by atoms with van der Waals surface area (Å²) in [5.41, 5.74) is 0.515. The normalized spacial score (nSPS) is 24.3. The average Bonchev–Trinajstić information content (AvgIpc) is 2.67. The number of phenols is 2. The van der Waals surface area contributed by atoms with E-state index in [0.29, 0.717) is 16.7 Å². The molecule has 0 aromatic heterocycles. The molecule has 0 unspecified atom stereocenters. The molecule has 0 heterocycles. The lowest BCUT2D eigenvalue weighted by Crippen LogP contribution is -2.51. The van der Waals surface area contributed by atoms with Crippen molar-refractivity contribution in [3.05, 3.63) is 47.0 Å². The molecule has 146 valence electrons. The number of hydrogen-bond acceptors (Lipinski definition) is 7. The van der Waals surface area contributed by atoms with Crippen LogP contribution in [0.15, 0.2) is 30.3 Å². The van der Waals surface area contributed by atoms with Crippen LogP contribution in [0.2, 0.25) is 0 Å². The molecular weight excluding hydrogens is 352 g/mol. The standard InChI is InChI=1S/C20H24O7/c1-26-17-5-11(3-4-15(17)23)19-13-7-16(24)18(27-2)6-12(13)8-20(25,10-22)14(19)9-21/h3-7,14,19,21-25H,8-10H2,1-2H3/t14-,19-,20-/m1/s1. The number of hydrogen-bond donors (Lipinski definition) is 5. The molecule has 0 radical (unpaired) electrons. The van der Waals surface area contributed by atoms with Crippen LogP contribution in [-0.2, 0) is 6.42 Å². The molecule has 0 spiro atoms. The van der Waals surface area contributed by atoms with Crippen molar-refractivity contribution < 1.29 is 35.0 Å². The lowest BCUT2D eigenvalue weighted by Gasteiger charge is -2.44. The molecular formula is C20H24O7. The van der Waals surface area contributed by atoms with Gasteiger partial charge in [0.25, 0.3) is 0 Å². The van der Waals surface area contributed by atoms with Crippen LogP contribution >= 0.6 is 0 Å². The highest BCUT2D eigenvalue weighted by Gasteiger charge is 2.47. The lowest BCUT2D eigenvalue weighted by molar-refractivity contribution is -0.0875. The number of aromatic hydroxyl groups is 2. The third-order valence-electron chi connectivity index (χ3n) is 5.40. The molecule has 0 saturated carbocycles. The number of aliphatic hydroxyl groups excluding tert-OH is 2. The number of ether oxygens (including phenoxy) is 2. The first-order chi connectivity index (χ1) is 12.9. The van der Waals surface area contributed by atoms with Crippen molar-refractivity contribution in [3.63, 3.8) is 0 Å². The van der Waals surface area contributed by atoms with Gasteiger partial charge in [-0.05, 0) is 41.0 Å². The molecule has 0 amide bonds. The number of rotatable bonds is 5. The lowest BCUT2D eigenvalue weighted by atomic mass is 9.64. The van der Waals surface area contributed by atoms with Crippen LogP contribution in [0.4, 0.5) is 0 Å². The SMILES string of the molecule is COc1cc([C@@H]2c3cc(O)c(OC)cc3C[C@@](O)(CO)[C@@H]2CO)ccc1O. The summed E-state index contributed by atoms with van der Waals surface area (Å²) in [5, 5.41) is 51.1. The Kier molecular flexibility index (Phi) is 5.19. The summed E-state index contributed by atoms with van der Waals surface area (Å²) < 4.78 is 10.3. The molecule has 0 aliphatic heterocycles. The molecule has 3 atom stereocenters. The zero-order valence-corrected chi connectivity index (χ0v) is 15.2. The fourth-order valence-electron chi connectivity index (χ4n) is 3.97. The van der Waals surface area contributed by atoms with E-state index in [4.69, 9.17) is 9.47 Å². The van der Waals surface area contributed by atoms with Gasteiger partial charge in [0.1, 0.15) is 0 Å². The molecule has 2 aromatic carbocycles. The fourth-order valence-corrected chi connectivity index (χ4v) is 3.97. The van der Waals surface area contributed by atoms with Gasteiger partial charge in [-0.25, -0.2) is 0 Å². The van der Waals surface area contributed by atoms with Crippen LogP contribution in [0.3, 0.4) is 0 Å². The van der Waals surface area contributed by atoms with Crippen LogP contribution in [0.5, 0.6) is 23.0 Å². The summed E-state index contributed by atoms with van der Waals surface area (Å²) in [5.74, 6) is -0.842. The van der Waals surface area contributed by atoms with Gasteiger partial charge in [-0.15, -0.1) is 0 Å². The third kappa shape index (κ3) is 3.18. The molecule has 7 nitrogen and oxygen atoms in total. The van der Waals surface area contributed by atoms with Crippen molar-refractivity contribution in [2.45, 2.75) is 17.9 Å². The van der Waals surface area contributed by atoms with E-state index < -0.39 is 24.0 Å². The Balaban J connectivity index is 2.24. The van der Waals surface area contributed by atoms with Crippen LogP contribution in [0.25, 0.3) is 0 Å². The van der Waals surface area contributed by atoms with Gasteiger partial charge in [-0.3, -0.25) is 0 Å². The van der Waals surface area contributed by atoms with Gasteiger partial charge in [0.05, 0.1) is 26.4 Å². The van der Waals surface area contributed by atoms with Crippen molar-refractivity contribution in [2.75, 3.05) is 27.4 Å². The molecule has 0 saturated heterocycles. The van der Waals surface area contributed by atoms with Gasteiger partial charge in [-0.1, -0.05) is 6.07 Å². The van der Waals surface area contributed by atoms with Crippen molar-refractivity contribution in [1.29, 1.82) is 0 Å². The second kappa shape index (κ2) is 7.26. The minimum atomic E-state index is -1.56. The highest BCUT2D eigenvalue weighted by Crippen LogP contribution is 2.49. The smallest absolute Gasteiger partial charge is 0.160 e. The minimum Gasteiger partial charge on any atom is -0.504 e. The zero-order chi connectivity index (χ0) is 19.8. The summed E-state index contributed by atoms with van der Waals surface area (Å²) >= 11 is 0. The third-order valence-corrected chi connectivity index (χ3v) is 5.40. The van der Waals surface area contributed by atoms with E-state index in [9.17, 15) is 25.5 Å². The maximum atomic E-state index is 11.0. The first-order valence-electron chi connectivity index (χ1n) is 8.59. The summed E-state index contributed by atoms with van der Waals surface area (Å²) in [4.78, 5) is 0. The molecule has 5 N–H and O–H groups in total. The number of aliphatic hydroxyl groups is 3. The molecule has 1 aliphatic carbocycles. The van der Waals surface area contributed by atoms with Gasteiger partial charge < -0.3 is 35.0 Å². The number of methoxy groups -OCH3 is 2. The first kappa shape index (κ1) is 19.3. The van der Waals surface area contributed by atoms with E-state index >= 15 is 0 Å². The molecule has 0 fully saturated rings. The number of fused-ring (bicyclic) bond motifs is 1. The van der Waals surface area contributed by atoms with Crippen LogP contribution in [0, 0.1) is 5.92 Å². The van der Waals surface area contributed by atoms with Crippen molar-refractivity contribution in [2.24, 2.45) is 5.92 Å². The maximum absolute atomic E-state index is 11.0. The zero-order valence-electron chi connectivity index (χ0n) is 15.2. The van der Waals surface area contributed by atoms with E-state index in [1.54, 1.807) is 24.3 Å². The van der Waals surface area contributed by atoms with Gasteiger partial charge in [0, 0.05) is 24.9 Å². The van der Waals surface area contributed by atoms with E-state index in [0.717, 1.165) is 0 Å². The quantitative estimate of drug-likeness (QED) is 0.531. The Morgan fingerprint density at radius 1 is 1.00 bits per heavy atom. The Morgan fingerprint density at radius 2 is 1.67 bits per heavy atom. The highest BCUT2D eigenvalue weighted by molar-refractivity contribution is 5.54. The second-order valence-electron chi connectivity index (χ2n) is 6.86. The van der Waals surface area contributed by atoms with Crippen molar-refractivity contribution in [1.82, 2.24) is 0 Å². The molecule has 2 aromatic rings. The Morgan fingerprint density at radius 3 is 2.26 bits per heavy atom. The monoisotopic (exact) mass is 376 g/mol. The van der Waals surface area contributed by atoms with E-state index in [1.807, 2.05) is 0 Å². The second-order valence-corrected chi connectivity index (χ2v) is 6.86. The predicted octanol–water partition coefficient (Wildman–Crippen LogP) is 1.13. The molecule has 27 heavy (non-hydrogen) atoms. The summed E-state index contributed by atoms with van der Waals surface area (Å²) in [6.45, 7) is -0.913. The Hall–Kier alpha value is -2.48. The summed E-state index contributed by atoms with van der Waals surface area (Å²) in [7, 11) is 2.86.